The maximum Gasteiger partial charge on any atom is 0.341 e. The highest BCUT2D eigenvalue weighted by molar-refractivity contribution is 6.04. The van der Waals surface area contributed by atoms with Gasteiger partial charge in [0.25, 0.3) is 0 Å². The number of nitrogens with zero attached hydrogens (tertiary/aromatic N) is 2. The van der Waals surface area contributed by atoms with Crippen LogP contribution < -0.4 is 5.73 Å². The van der Waals surface area contributed by atoms with Crippen molar-refractivity contribution in [1.29, 1.82) is 0 Å². The Hall–Kier alpha value is -3.09. The molecule has 24 heavy (non-hydrogen) atoms. The molecule has 0 unspecified atom stereocenters. The summed E-state index contributed by atoms with van der Waals surface area (Å²) in [5.41, 5.74) is 8.16. The van der Waals surface area contributed by atoms with Gasteiger partial charge in [-0.25, -0.2) is 14.6 Å². The highest BCUT2D eigenvalue weighted by atomic mass is 16.5. The molecule has 2 N–H and O–H groups in total. The minimum atomic E-state index is -0.597. The second-order valence-corrected chi connectivity index (χ2v) is 5.06. The van der Waals surface area contributed by atoms with E-state index >= 15 is 0 Å². The number of rotatable bonds is 4. The van der Waals surface area contributed by atoms with Crippen LogP contribution in [0.5, 0.6) is 0 Å². The fourth-order valence-electron chi connectivity index (χ4n) is 2.59. The predicted molar refractivity (Wildman–Crippen MR) is 89.0 cm³/mol. The van der Waals surface area contributed by atoms with Gasteiger partial charge >= 0.3 is 11.9 Å². The van der Waals surface area contributed by atoms with Gasteiger partial charge in [-0.3, -0.25) is 4.40 Å². The Kier molecular flexibility index (Phi) is 4.07. The molecule has 7 nitrogen and oxygen atoms in total. The Labute approximate surface area is 138 Å². The number of aromatic nitrogens is 2. The number of esters is 2. The van der Waals surface area contributed by atoms with Crippen molar-refractivity contribution in [2.45, 2.75) is 13.8 Å². The average molecular weight is 327 g/mol. The van der Waals surface area contributed by atoms with E-state index in [-0.39, 0.29) is 30.2 Å². The number of carbonyl (C=O) groups excluding carboxylic acids is 2. The van der Waals surface area contributed by atoms with Crippen LogP contribution in [0.1, 0.15) is 34.6 Å². The van der Waals surface area contributed by atoms with Crippen molar-refractivity contribution in [3.8, 4) is 0 Å². The first-order valence-corrected chi connectivity index (χ1v) is 7.62. The molecule has 0 atom stereocenters. The molecule has 0 aliphatic heterocycles. The van der Waals surface area contributed by atoms with Gasteiger partial charge in [-0.05, 0) is 32.0 Å². The van der Waals surface area contributed by atoms with E-state index in [2.05, 4.69) is 4.98 Å². The van der Waals surface area contributed by atoms with Crippen molar-refractivity contribution in [3.05, 3.63) is 41.5 Å². The van der Waals surface area contributed by atoms with E-state index in [1.807, 2.05) is 18.2 Å². The molecule has 3 aromatic rings. The van der Waals surface area contributed by atoms with Crippen molar-refractivity contribution in [2.24, 2.45) is 0 Å². The first-order valence-electron chi connectivity index (χ1n) is 7.62. The molecule has 0 amide bonds. The molecule has 0 aliphatic rings. The van der Waals surface area contributed by atoms with E-state index in [1.165, 1.54) is 6.07 Å². The zero-order valence-corrected chi connectivity index (χ0v) is 13.4. The van der Waals surface area contributed by atoms with Crippen LogP contribution in [0, 0.1) is 0 Å². The smallest absolute Gasteiger partial charge is 0.341 e. The van der Waals surface area contributed by atoms with E-state index in [1.54, 1.807) is 24.3 Å². The molecule has 124 valence electrons. The molecule has 0 saturated heterocycles. The van der Waals surface area contributed by atoms with E-state index in [0.29, 0.717) is 16.7 Å². The van der Waals surface area contributed by atoms with E-state index in [4.69, 9.17) is 15.2 Å². The molecule has 0 bridgehead atoms. The molecule has 0 radical (unpaired) electrons. The van der Waals surface area contributed by atoms with Crippen molar-refractivity contribution >= 4 is 34.4 Å². The number of nitrogen functional groups attached to an aromatic ring is 1. The third-order valence-corrected chi connectivity index (χ3v) is 3.60. The van der Waals surface area contributed by atoms with E-state index in [9.17, 15) is 9.59 Å². The maximum absolute atomic E-state index is 12.3. The molecule has 3 rings (SSSR count). The van der Waals surface area contributed by atoms with Crippen LogP contribution in [0.25, 0.3) is 16.7 Å². The van der Waals surface area contributed by atoms with Crippen LogP contribution in [-0.4, -0.2) is 34.5 Å². The van der Waals surface area contributed by atoms with Crippen LogP contribution in [0.4, 0.5) is 5.82 Å². The van der Waals surface area contributed by atoms with Gasteiger partial charge in [-0.1, -0.05) is 12.1 Å². The summed E-state index contributed by atoms with van der Waals surface area (Å²) in [6.45, 7) is 3.83. The third kappa shape index (κ3) is 2.44. The average Bonchev–Trinajstić information content (AvgIpc) is 2.95. The number of fused-ring (bicyclic) bond motifs is 3. The fraction of sp³-hybridized carbons (Fsp3) is 0.235. The fourth-order valence-corrected chi connectivity index (χ4v) is 2.59. The number of carbonyl (C=O) groups is 2. The van der Waals surface area contributed by atoms with Gasteiger partial charge in [0.15, 0.2) is 5.65 Å². The van der Waals surface area contributed by atoms with Crippen LogP contribution in [0.2, 0.25) is 0 Å². The molecular formula is C17H17N3O4. The maximum atomic E-state index is 12.3. The zero-order chi connectivity index (χ0) is 17.3. The second kappa shape index (κ2) is 6.19. The Balaban J connectivity index is 2.37. The van der Waals surface area contributed by atoms with Crippen molar-refractivity contribution in [3.63, 3.8) is 0 Å². The summed E-state index contributed by atoms with van der Waals surface area (Å²) >= 11 is 0. The molecule has 2 aromatic heterocycles. The molecular weight excluding hydrogens is 310 g/mol. The zero-order valence-electron chi connectivity index (χ0n) is 13.4. The standard InChI is InChI=1S/C17H17N3O4/c1-3-23-16(21)10-9-11(17(22)24-4-2)15-19-12-7-5-6-8-13(12)20(15)14(10)18/h5-9H,3-4,18H2,1-2H3. The minimum absolute atomic E-state index is 0.107. The van der Waals surface area contributed by atoms with Gasteiger partial charge in [-0.15, -0.1) is 0 Å². The Morgan fingerprint density at radius 1 is 1.08 bits per heavy atom. The van der Waals surface area contributed by atoms with Crippen molar-refractivity contribution in [1.82, 2.24) is 9.38 Å². The van der Waals surface area contributed by atoms with Crippen LogP contribution in [0.15, 0.2) is 30.3 Å². The third-order valence-electron chi connectivity index (χ3n) is 3.60. The topological polar surface area (TPSA) is 95.9 Å². The lowest BCUT2D eigenvalue weighted by atomic mass is 10.1. The lowest BCUT2D eigenvalue weighted by Crippen LogP contribution is -2.15. The van der Waals surface area contributed by atoms with Gasteiger partial charge in [0.1, 0.15) is 16.9 Å². The molecule has 0 spiro atoms. The summed E-state index contributed by atoms with van der Waals surface area (Å²) in [6.07, 6.45) is 0. The highest BCUT2D eigenvalue weighted by Gasteiger charge is 2.23. The quantitative estimate of drug-likeness (QED) is 0.739. The molecule has 0 fully saturated rings. The predicted octanol–water partition coefficient (Wildman–Crippen LogP) is 2.42. The first-order chi connectivity index (χ1) is 11.6. The number of benzene rings is 1. The summed E-state index contributed by atoms with van der Waals surface area (Å²) in [5.74, 6) is -0.992. The summed E-state index contributed by atoms with van der Waals surface area (Å²) in [5, 5.41) is 0. The largest absolute Gasteiger partial charge is 0.462 e. The van der Waals surface area contributed by atoms with E-state index in [0.717, 1.165) is 0 Å². The number of para-hydroxylation sites is 2. The number of pyridine rings is 1. The molecule has 0 saturated carbocycles. The lowest BCUT2D eigenvalue weighted by Gasteiger charge is -2.11. The van der Waals surface area contributed by atoms with Crippen molar-refractivity contribution in [2.75, 3.05) is 18.9 Å². The molecule has 0 aliphatic carbocycles. The van der Waals surface area contributed by atoms with Crippen LogP contribution in [-0.2, 0) is 9.47 Å². The summed E-state index contributed by atoms with van der Waals surface area (Å²) < 4.78 is 11.7. The normalized spacial score (nSPS) is 10.9. The van der Waals surface area contributed by atoms with Crippen LogP contribution >= 0.6 is 0 Å². The highest BCUT2D eigenvalue weighted by Crippen LogP contribution is 2.27. The van der Waals surface area contributed by atoms with Gasteiger partial charge in [-0.2, -0.15) is 0 Å². The van der Waals surface area contributed by atoms with Crippen LogP contribution in [0.3, 0.4) is 0 Å². The van der Waals surface area contributed by atoms with Gasteiger partial charge < -0.3 is 15.2 Å². The van der Waals surface area contributed by atoms with E-state index < -0.39 is 11.9 Å². The monoisotopic (exact) mass is 327 g/mol. The number of anilines is 1. The number of hydrogen-bond donors (Lipinski definition) is 1. The van der Waals surface area contributed by atoms with Gasteiger partial charge in [0.05, 0.1) is 24.2 Å². The molecule has 1 aromatic carbocycles. The number of nitrogens with two attached hydrogens (primary N) is 1. The number of hydrogen-bond acceptors (Lipinski definition) is 6. The van der Waals surface area contributed by atoms with Gasteiger partial charge in [0, 0.05) is 0 Å². The van der Waals surface area contributed by atoms with Gasteiger partial charge in [0.2, 0.25) is 0 Å². The Morgan fingerprint density at radius 3 is 2.38 bits per heavy atom. The first kappa shape index (κ1) is 15.8. The summed E-state index contributed by atoms with van der Waals surface area (Å²) in [7, 11) is 0. The number of imidazole rings is 1. The summed E-state index contributed by atoms with van der Waals surface area (Å²) in [6, 6.07) is 8.67. The lowest BCUT2D eigenvalue weighted by molar-refractivity contribution is 0.0526. The number of ether oxygens (including phenoxy) is 2. The second-order valence-electron chi connectivity index (χ2n) is 5.06. The molecule has 7 heteroatoms. The van der Waals surface area contributed by atoms with Crippen molar-refractivity contribution < 1.29 is 19.1 Å². The summed E-state index contributed by atoms with van der Waals surface area (Å²) in [4.78, 5) is 29.0. The minimum Gasteiger partial charge on any atom is -0.462 e. The molecule has 2 heterocycles. The Bertz CT molecular complexity index is 946. The SMILES string of the molecule is CCOC(=O)c1cc(C(=O)OCC)c2nc3ccccc3n2c1N. The Morgan fingerprint density at radius 2 is 1.71 bits per heavy atom.